The smallest absolute Gasteiger partial charge is 0.159 e. The number of nitrogens with zero attached hydrogens (tertiary/aromatic N) is 3. The highest BCUT2D eigenvalue weighted by Gasteiger charge is 2.18. The molecular weight excluding hydrogens is 444 g/mol. The quantitative estimate of drug-likeness (QED) is 0.216. The van der Waals surface area contributed by atoms with Gasteiger partial charge in [0, 0.05) is 31.6 Å². The first-order chi connectivity index (χ1) is 16.7. The van der Waals surface area contributed by atoms with Crippen LogP contribution in [0, 0.1) is 0 Å². The van der Waals surface area contributed by atoms with Crippen molar-refractivity contribution in [2.45, 2.75) is 19.8 Å². The van der Waals surface area contributed by atoms with Gasteiger partial charge in [0.15, 0.2) is 5.82 Å². The van der Waals surface area contributed by atoms with Gasteiger partial charge in [0.25, 0.3) is 0 Å². The van der Waals surface area contributed by atoms with Crippen molar-refractivity contribution >= 4 is 28.4 Å². The topological polar surface area (TPSA) is 92.9 Å². The number of H-pyrrole nitrogens is 2. The van der Waals surface area contributed by atoms with Crippen LogP contribution in [0.4, 0.5) is 0 Å². The summed E-state index contributed by atoms with van der Waals surface area (Å²) in [5, 5.41) is 18.6. The van der Waals surface area contributed by atoms with Crippen LogP contribution in [-0.2, 0) is 6.42 Å². The van der Waals surface area contributed by atoms with Crippen molar-refractivity contribution in [3.63, 3.8) is 0 Å². The monoisotopic (exact) mass is 474 g/mol. The molecule has 0 aliphatic carbocycles. The predicted octanol–water partition coefficient (Wildman–Crippen LogP) is 4.84. The highest BCUT2D eigenvalue weighted by molar-refractivity contribution is 7.96. The van der Waals surface area contributed by atoms with Gasteiger partial charge in [-0.2, -0.15) is 5.10 Å². The third-order valence-corrected chi connectivity index (χ3v) is 6.89. The van der Waals surface area contributed by atoms with Crippen LogP contribution < -0.4 is 4.72 Å². The fourth-order valence-corrected chi connectivity index (χ4v) is 4.92. The zero-order valence-electron chi connectivity index (χ0n) is 19.6. The minimum atomic E-state index is 0.298. The number of imidazole rings is 1. The summed E-state index contributed by atoms with van der Waals surface area (Å²) in [5.74, 6) is 1.07. The molecule has 0 fully saturated rings. The lowest BCUT2D eigenvalue weighted by molar-refractivity contribution is 0.310. The third-order valence-electron chi connectivity index (χ3n) is 6.39. The Morgan fingerprint density at radius 1 is 1.21 bits per heavy atom. The highest BCUT2D eigenvalue weighted by atomic mass is 32.2. The molecule has 0 unspecified atom stereocenters. The number of hydrogen-bond donors (Lipinski definition) is 4. The predicted molar refractivity (Wildman–Crippen MR) is 141 cm³/mol. The van der Waals surface area contributed by atoms with Crippen molar-refractivity contribution in [2.75, 3.05) is 32.4 Å². The minimum Gasteiger partial charge on any atom is -0.508 e. The molecule has 5 rings (SSSR count). The van der Waals surface area contributed by atoms with Crippen molar-refractivity contribution < 1.29 is 5.11 Å². The fraction of sp³-hybridized carbons (Fsp3) is 0.308. The van der Waals surface area contributed by atoms with Crippen molar-refractivity contribution in [2.24, 2.45) is 0 Å². The minimum absolute atomic E-state index is 0.298. The molecule has 176 valence electrons. The van der Waals surface area contributed by atoms with E-state index in [0.717, 1.165) is 83.8 Å². The largest absolute Gasteiger partial charge is 0.508 e. The van der Waals surface area contributed by atoms with Gasteiger partial charge in [-0.05, 0) is 65.6 Å². The zero-order chi connectivity index (χ0) is 23.5. The molecule has 0 amide bonds. The number of fused-ring (bicyclic) bond motifs is 1. The van der Waals surface area contributed by atoms with E-state index in [1.54, 1.807) is 18.0 Å². The number of phenols is 1. The molecule has 0 radical (unpaired) electrons. The lowest BCUT2D eigenvalue weighted by Crippen LogP contribution is -2.34. The van der Waals surface area contributed by atoms with Crippen LogP contribution in [0.3, 0.4) is 0 Å². The SMILES string of the molecule is CCc1cc(O)ccc1-c1ccc2c(-c3ncc(C4=CCCN(CCNSC)C4)[nH]3)n[nH]c2c1. The van der Waals surface area contributed by atoms with Gasteiger partial charge in [-0.3, -0.25) is 14.7 Å². The molecule has 34 heavy (non-hydrogen) atoms. The second kappa shape index (κ2) is 10.0. The molecule has 3 heterocycles. The number of rotatable bonds is 8. The summed E-state index contributed by atoms with van der Waals surface area (Å²) >= 11 is 1.66. The van der Waals surface area contributed by atoms with E-state index < -0.39 is 0 Å². The van der Waals surface area contributed by atoms with Gasteiger partial charge >= 0.3 is 0 Å². The molecule has 2 aromatic heterocycles. The summed E-state index contributed by atoms with van der Waals surface area (Å²) in [7, 11) is 0. The third kappa shape index (κ3) is 4.61. The second-order valence-electron chi connectivity index (χ2n) is 8.57. The number of aromatic nitrogens is 4. The molecule has 8 heteroatoms. The van der Waals surface area contributed by atoms with Crippen molar-refractivity contribution in [1.82, 2.24) is 29.8 Å². The number of aromatic hydroxyl groups is 1. The Hall–Kier alpha value is -3.07. The number of aromatic amines is 2. The molecule has 0 atom stereocenters. The maximum absolute atomic E-state index is 9.84. The Morgan fingerprint density at radius 2 is 2.12 bits per heavy atom. The van der Waals surface area contributed by atoms with Gasteiger partial charge in [0.1, 0.15) is 11.4 Å². The lowest BCUT2D eigenvalue weighted by atomic mass is 9.97. The molecule has 4 aromatic rings. The van der Waals surface area contributed by atoms with Gasteiger partial charge < -0.3 is 10.1 Å². The Labute approximate surface area is 203 Å². The van der Waals surface area contributed by atoms with E-state index >= 15 is 0 Å². The molecule has 0 saturated heterocycles. The average Bonchev–Trinajstić information content (AvgIpc) is 3.51. The van der Waals surface area contributed by atoms with Crippen LogP contribution in [0.25, 0.3) is 39.1 Å². The van der Waals surface area contributed by atoms with Crippen molar-refractivity contribution in [3.05, 3.63) is 59.9 Å². The number of hydrogen-bond acceptors (Lipinski definition) is 6. The zero-order valence-corrected chi connectivity index (χ0v) is 20.4. The maximum Gasteiger partial charge on any atom is 0.159 e. The summed E-state index contributed by atoms with van der Waals surface area (Å²) < 4.78 is 3.33. The summed E-state index contributed by atoms with van der Waals surface area (Å²) in [6.45, 7) is 6.13. The summed E-state index contributed by atoms with van der Waals surface area (Å²) in [4.78, 5) is 10.6. The Morgan fingerprint density at radius 3 is 2.97 bits per heavy atom. The molecule has 1 aliphatic rings. The average molecular weight is 475 g/mol. The van der Waals surface area contributed by atoms with E-state index in [4.69, 9.17) is 0 Å². The molecule has 0 spiro atoms. The van der Waals surface area contributed by atoms with Gasteiger partial charge in [-0.1, -0.05) is 37.1 Å². The first-order valence-corrected chi connectivity index (χ1v) is 12.9. The van der Waals surface area contributed by atoms with Gasteiger partial charge in [0.05, 0.1) is 17.4 Å². The Balaban J connectivity index is 1.38. The van der Waals surface area contributed by atoms with Crippen molar-refractivity contribution in [1.29, 1.82) is 0 Å². The van der Waals surface area contributed by atoms with Crippen LogP contribution in [0.1, 0.15) is 24.6 Å². The number of benzene rings is 2. The number of nitrogens with one attached hydrogen (secondary N) is 3. The van der Waals surface area contributed by atoms with Crippen LogP contribution in [0.5, 0.6) is 5.75 Å². The molecule has 4 N–H and O–H groups in total. The lowest BCUT2D eigenvalue weighted by Gasteiger charge is -2.26. The van der Waals surface area contributed by atoms with Crippen LogP contribution in [-0.4, -0.2) is 62.6 Å². The highest BCUT2D eigenvalue weighted by Crippen LogP contribution is 2.32. The van der Waals surface area contributed by atoms with E-state index in [2.05, 4.69) is 67.2 Å². The summed E-state index contributed by atoms with van der Waals surface area (Å²) in [6, 6.07) is 11.9. The summed E-state index contributed by atoms with van der Waals surface area (Å²) in [6.07, 6.45) is 8.20. The summed E-state index contributed by atoms with van der Waals surface area (Å²) in [5.41, 5.74) is 7.48. The number of aryl methyl sites for hydroxylation is 1. The Kier molecular flexibility index (Phi) is 6.71. The molecule has 0 bridgehead atoms. The normalized spacial score (nSPS) is 14.6. The second-order valence-corrected chi connectivity index (χ2v) is 9.26. The van der Waals surface area contributed by atoms with E-state index in [9.17, 15) is 5.11 Å². The van der Waals surface area contributed by atoms with Gasteiger partial charge in [-0.15, -0.1) is 0 Å². The van der Waals surface area contributed by atoms with E-state index in [1.165, 1.54) is 5.57 Å². The Bertz CT molecular complexity index is 1320. The maximum atomic E-state index is 9.84. The molecule has 2 aromatic carbocycles. The molecule has 7 nitrogen and oxygen atoms in total. The van der Waals surface area contributed by atoms with Gasteiger partial charge in [-0.25, -0.2) is 4.98 Å². The van der Waals surface area contributed by atoms with Crippen LogP contribution >= 0.6 is 11.9 Å². The molecule has 1 aliphatic heterocycles. The van der Waals surface area contributed by atoms with E-state index in [1.807, 2.05) is 18.3 Å². The first kappa shape index (κ1) is 22.7. The molecule has 0 saturated carbocycles. The van der Waals surface area contributed by atoms with E-state index in [0.29, 0.717) is 5.75 Å². The first-order valence-electron chi connectivity index (χ1n) is 11.7. The van der Waals surface area contributed by atoms with Crippen LogP contribution in [0.15, 0.2) is 48.7 Å². The fourth-order valence-electron chi connectivity index (χ4n) is 4.62. The van der Waals surface area contributed by atoms with Gasteiger partial charge in [0.2, 0.25) is 0 Å². The molecular formula is C26H30N6OS. The standard InChI is InChI=1S/C26H30N6OS/c1-3-17-13-20(33)7-9-21(17)18-6-8-22-23(14-18)30-31-25(22)26-27-15-24(29-26)19-5-4-11-32(16-19)12-10-28-34-2/h5-9,13-15,28,33H,3-4,10-12,16H2,1-2H3,(H,27,29)(H,30,31). The van der Waals surface area contributed by atoms with Crippen molar-refractivity contribution in [3.8, 4) is 28.4 Å². The number of phenolic OH excluding ortho intramolecular Hbond substituents is 1. The van der Waals surface area contributed by atoms with Crippen LogP contribution in [0.2, 0.25) is 0 Å². The van der Waals surface area contributed by atoms with E-state index in [-0.39, 0.29) is 0 Å².